The van der Waals surface area contributed by atoms with Gasteiger partial charge in [-0.15, -0.1) is 0 Å². The van der Waals surface area contributed by atoms with Crippen LogP contribution in [0.15, 0.2) is 18.2 Å². The lowest BCUT2D eigenvalue weighted by Gasteiger charge is -2.39. The Labute approximate surface area is 112 Å². The highest BCUT2D eigenvalue weighted by Crippen LogP contribution is 2.28. The standard InChI is InChI=1S/C14H18ClNO2/c1-9-4-3-5-10(2)16(9)14(18)12-8-11(15)6-7-13(12)17/h6-10,17H,3-5H2,1-2H3. The molecular formula is C14H18ClNO2. The van der Waals surface area contributed by atoms with Crippen molar-refractivity contribution in [2.24, 2.45) is 0 Å². The fourth-order valence-corrected chi connectivity index (χ4v) is 2.81. The number of hydrogen-bond donors (Lipinski definition) is 1. The van der Waals surface area contributed by atoms with Crippen molar-refractivity contribution in [3.8, 4) is 5.75 Å². The molecule has 1 aliphatic heterocycles. The maximum absolute atomic E-state index is 12.5. The number of carbonyl (C=O) groups excluding carboxylic acids is 1. The van der Waals surface area contributed by atoms with E-state index < -0.39 is 0 Å². The molecule has 1 aliphatic rings. The van der Waals surface area contributed by atoms with Crippen molar-refractivity contribution in [3.05, 3.63) is 28.8 Å². The summed E-state index contributed by atoms with van der Waals surface area (Å²) in [5.74, 6) is -0.135. The SMILES string of the molecule is CC1CCCC(C)N1C(=O)c1cc(Cl)ccc1O. The molecule has 1 aromatic carbocycles. The first-order chi connectivity index (χ1) is 8.50. The number of benzene rings is 1. The zero-order chi connectivity index (χ0) is 13.3. The largest absolute Gasteiger partial charge is 0.507 e. The lowest BCUT2D eigenvalue weighted by Crippen LogP contribution is -2.47. The number of halogens is 1. The molecular weight excluding hydrogens is 250 g/mol. The maximum atomic E-state index is 12.5. The smallest absolute Gasteiger partial charge is 0.258 e. The van der Waals surface area contributed by atoms with Crippen molar-refractivity contribution in [1.29, 1.82) is 0 Å². The molecule has 1 amide bonds. The maximum Gasteiger partial charge on any atom is 0.258 e. The third-order valence-corrected chi connectivity index (χ3v) is 3.85. The molecule has 0 saturated carbocycles. The number of phenolic OH excluding ortho intramolecular Hbond substituents is 1. The van der Waals surface area contributed by atoms with Gasteiger partial charge in [-0.3, -0.25) is 4.79 Å². The molecule has 2 rings (SSSR count). The van der Waals surface area contributed by atoms with E-state index in [9.17, 15) is 9.90 Å². The van der Waals surface area contributed by atoms with Crippen LogP contribution in [0.4, 0.5) is 0 Å². The molecule has 2 atom stereocenters. The van der Waals surface area contributed by atoms with E-state index in [0.717, 1.165) is 19.3 Å². The summed E-state index contributed by atoms with van der Waals surface area (Å²) in [4.78, 5) is 14.4. The first-order valence-corrected chi connectivity index (χ1v) is 6.69. The lowest BCUT2D eigenvalue weighted by molar-refractivity contribution is 0.0508. The minimum Gasteiger partial charge on any atom is -0.507 e. The highest BCUT2D eigenvalue weighted by Gasteiger charge is 2.30. The van der Waals surface area contributed by atoms with Gasteiger partial charge in [0, 0.05) is 17.1 Å². The summed E-state index contributed by atoms with van der Waals surface area (Å²) in [5, 5.41) is 10.3. The molecule has 1 saturated heterocycles. The van der Waals surface area contributed by atoms with Crippen LogP contribution in [-0.2, 0) is 0 Å². The average Bonchev–Trinajstić information content (AvgIpc) is 2.32. The molecule has 0 aromatic heterocycles. The Kier molecular flexibility index (Phi) is 3.81. The summed E-state index contributed by atoms with van der Waals surface area (Å²) in [6, 6.07) is 5.00. The van der Waals surface area contributed by atoms with Crippen LogP contribution in [-0.4, -0.2) is 28.0 Å². The Balaban J connectivity index is 2.32. The summed E-state index contributed by atoms with van der Waals surface area (Å²) in [6.45, 7) is 4.10. The van der Waals surface area contributed by atoms with Crippen LogP contribution >= 0.6 is 11.6 Å². The average molecular weight is 268 g/mol. The van der Waals surface area contributed by atoms with Crippen LogP contribution in [0.3, 0.4) is 0 Å². The third-order valence-electron chi connectivity index (χ3n) is 3.62. The van der Waals surface area contributed by atoms with Gasteiger partial charge in [0.15, 0.2) is 0 Å². The molecule has 0 bridgehead atoms. The molecule has 1 heterocycles. The highest BCUT2D eigenvalue weighted by atomic mass is 35.5. The van der Waals surface area contributed by atoms with Gasteiger partial charge in [0.2, 0.25) is 0 Å². The van der Waals surface area contributed by atoms with Gasteiger partial charge in [-0.05, 0) is 51.3 Å². The van der Waals surface area contributed by atoms with Crippen molar-refractivity contribution in [3.63, 3.8) is 0 Å². The Morgan fingerprint density at radius 2 is 1.94 bits per heavy atom. The van der Waals surface area contributed by atoms with Crippen molar-refractivity contribution >= 4 is 17.5 Å². The van der Waals surface area contributed by atoms with Gasteiger partial charge >= 0.3 is 0 Å². The third kappa shape index (κ3) is 2.46. The molecule has 0 radical (unpaired) electrons. The first kappa shape index (κ1) is 13.2. The predicted molar refractivity (Wildman–Crippen MR) is 72.1 cm³/mol. The van der Waals surface area contributed by atoms with E-state index in [-0.39, 0.29) is 23.7 Å². The number of carbonyl (C=O) groups is 1. The normalized spacial score (nSPS) is 24.1. The number of rotatable bonds is 1. The number of nitrogens with zero attached hydrogens (tertiary/aromatic N) is 1. The van der Waals surface area contributed by atoms with Crippen LogP contribution in [0.1, 0.15) is 43.5 Å². The zero-order valence-corrected chi connectivity index (χ0v) is 11.4. The molecule has 1 N–H and O–H groups in total. The summed E-state index contributed by atoms with van der Waals surface area (Å²) >= 11 is 5.89. The number of likely N-dealkylation sites (tertiary alicyclic amines) is 1. The molecule has 0 spiro atoms. The molecule has 4 heteroatoms. The van der Waals surface area contributed by atoms with E-state index in [1.807, 2.05) is 4.90 Å². The second-order valence-electron chi connectivity index (χ2n) is 5.00. The fourth-order valence-electron chi connectivity index (χ4n) is 2.64. The zero-order valence-electron chi connectivity index (χ0n) is 10.7. The number of aromatic hydroxyl groups is 1. The number of amides is 1. The Bertz CT molecular complexity index is 451. The van der Waals surface area contributed by atoms with Crippen molar-refractivity contribution < 1.29 is 9.90 Å². The van der Waals surface area contributed by atoms with Gasteiger partial charge in [-0.25, -0.2) is 0 Å². The summed E-state index contributed by atoms with van der Waals surface area (Å²) in [5.41, 5.74) is 0.295. The van der Waals surface area contributed by atoms with Gasteiger partial charge < -0.3 is 10.0 Å². The Morgan fingerprint density at radius 3 is 2.56 bits per heavy atom. The molecule has 2 unspecified atom stereocenters. The molecule has 0 aliphatic carbocycles. The molecule has 1 fully saturated rings. The van der Waals surface area contributed by atoms with E-state index in [2.05, 4.69) is 13.8 Å². The fraction of sp³-hybridized carbons (Fsp3) is 0.500. The molecule has 18 heavy (non-hydrogen) atoms. The van der Waals surface area contributed by atoms with Crippen LogP contribution < -0.4 is 0 Å². The van der Waals surface area contributed by atoms with Crippen LogP contribution in [0.5, 0.6) is 5.75 Å². The van der Waals surface area contributed by atoms with E-state index in [1.54, 1.807) is 6.07 Å². The van der Waals surface area contributed by atoms with Gasteiger partial charge in [-0.1, -0.05) is 11.6 Å². The quantitative estimate of drug-likeness (QED) is 0.847. The van der Waals surface area contributed by atoms with E-state index in [4.69, 9.17) is 11.6 Å². The summed E-state index contributed by atoms with van der Waals surface area (Å²) in [7, 11) is 0. The number of piperidine rings is 1. The highest BCUT2D eigenvalue weighted by molar-refractivity contribution is 6.31. The Hall–Kier alpha value is -1.22. The van der Waals surface area contributed by atoms with Crippen molar-refractivity contribution in [1.82, 2.24) is 4.90 Å². The van der Waals surface area contributed by atoms with Crippen molar-refractivity contribution in [2.45, 2.75) is 45.2 Å². The topological polar surface area (TPSA) is 40.5 Å². The first-order valence-electron chi connectivity index (χ1n) is 6.32. The summed E-state index contributed by atoms with van der Waals surface area (Å²) in [6.07, 6.45) is 3.17. The van der Waals surface area contributed by atoms with E-state index >= 15 is 0 Å². The van der Waals surface area contributed by atoms with Crippen LogP contribution in [0.25, 0.3) is 0 Å². The molecule has 98 valence electrons. The van der Waals surface area contributed by atoms with Gasteiger partial charge in [0.1, 0.15) is 5.75 Å². The molecule has 1 aromatic rings. The van der Waals surface area contributed by atoms with Crippen molar-refractivity contribution in [2.75, 3.05) is 0 Å². The van der Waals surface area contributed by atoms with E-state index in [0.29, 0.717) is 10.6 Å². The summed E-state index contributed by atoms with van der Waals surface area (Å²) < 4.78 is 0. The van der Waals surface area contributed by atoms with Gasteiger partial charge in [-0.2, -0.15) is 0 Å². The Morgan fingerprint density at radius 1 is 1.33 bits per heavy atom. The number of phenols is 1. The van der Waals surface area contributed by atoms with Crippen LogP contribution in [0, 0.1) is 0 Å². The minimum absolute atomic E-state index is 0.00521. The predicted octanol–water partition coefficient (Wildman–Crippen LogP) is 3.45. The van der Waals surface area contributed by atoms with Crippen LogP contribution in [0.2, 0.25) is 5.02 Å². The monoisotopic (exact) mass is 267 g/mol. The van der Waals surface area contributed by atoms with E-state index in [1.165, 1.54) is 12.1 Å². The van der Waals surface area contributed by atoms with Gasteiger partial charge in [0.25, 0.3) is 5.91 Å². The number of hydrogen-bond acceptors (Lipinski definition) is 2. The van der Waals surface area contributed by atoms with Gasteiger partial charge in [0.05, 0.1) is 5.56 Å². The minimum atomic E-state index is -0.130. The second-order valence-corrected chi connectivity index (χ2v) is 5.44. The molecule has 3 nitrogen and oxygen atoms in total. The lowest BCUT2D eigenvalue weighted by atomic mass is 9.96. The second kappa shape index (κ2) is 5.19.